The lowest BCUT2D eigenvalue weighted by Crippen LogP contribution is -2.31. The summed E-state index contributed by atoms with van der Waals surface area (Å²) in [5.74, 6) is 0.935. The summed E-state index contributed by atoms with van der Waals surface area (Å²) in [5, 5.41) is 9.93. The molecular formula is C21H28N4O4. The zero-order valence-electron chi connectivity index (χ0n) is 17.2. The number of rotatable bonds is 9. The van der Waals surface area contributed by atoms with E-state index in [0.717, 1.165) is 32.1 Å². The fourth-order valence-electron chi connectivity index (χ4n) is 3.47. The predicted molar refractivity (Wildman–Crippen MR) is 113 cm³/mol. The topological polar surface area (TPSA) is 102 Å². The summed E-state index contributed by atoms with van der Waals surface area (Å²) < 4.78 is 8.64. The molecule has 8 nitrogen and oxygen atoms in total. The first-order valence-electron chi connectivity index (χ1n) is 10.1. The molecule has 0 amide bonds. The van der Waals surface area contributed by atoms with Crippen LogP contribution in [0.5, 0.6) is 11.5 Å². The molecule has 0 aliphatic carbocycles. The summed E-state index contributed by atoms with van der Waals surface area (Å²) in [4.78, 5) is 32.3. The van der Waals surface area contributed by atoms with Crippen molar-refractivity contribution in [1.29, 1.82) is 0 Å². The smallest absolute Gasteiger partial charge is 0.330 e. The van der Waals surface area contributed by atoms with Crippen LogP contribution in [0.4, 0.5) is 0 Å². The van der Waals surface area contributed by atoms with Crippen LogP contribution in [-0.4, -0.2) is 31.3 Å². The van der Waals surface area contributed by atoms with Gasteiger partial charge in [-0.05, 0) is 31.0 Å². The number of benzene rings is 1. The highest BCUT2D eigenvalue weighted by Crippen LogP contribution is 2.32. The third-order valence-corrected chi connectivity index (χ3v) is 5.04. The lowest BCUT2D eigenvalue weighted by molar-refractivity contribution is 0.373. The molecule has 156 valence electrons. The minimum absolute atomic E-state index is 0.0302. The number of unbranched alkanes of at least 4 members (excludes halogenated alkanes) is 3. The number of H-pyrrole nitrogens is 1. The molecule has 29 heavy (non-hydrogen) atoms. The molecule has 0 radical (unpaired) electrons. The van der Waals surface area contributed by atoms with Gasteiger partial charge in [-0.1, -0.05) is 33.1 Å². The van der Waals surface area contributed by atoms with E-state index in [1.807, 2.05) is 11.5 Å². The summed E-state index contributed by atoms with van der Waals surface area (Å²) >= 11 is 0. The summed E-state index contributed by atoms with van der Waals surface area (Å²) in [6.45, 7) is 5.27. The highest BCUT2D eigenvalue weighted by atomic mass is 16.5. The zero-order valence-corrected chi connectivity index (χ0v) is 17.2. The van der Waals surface area contributed by atoms with Crippen LogP contribution in [0.1, 0.15) is 46.0 Å². The number of fused-ring (bicyclic) bond motifs is 1. The van der Waals surface area contributed by atoms with E-state index in [4.69, 9.17) is 9.72 Å². The number of aryl methyl sites for hydroxylation is 2. The maximum Gasteiger partial charge on any atom is 0.330 e. The number of aromatic amines is 1. The molecule has 2 aromatic heterocycles. The third-order valence-electron chi connectivity index (χ3n) is 5.04. The summed E-state index contributed by atoms with van der Waals surface area (Å²) in [6, 6.07) is 4.96. The second-order valence-electron chi connectivity index (χ2n) is 7.12. The van der Waals surface area contributed by atoms with Crippen molar-refractivity contribution >= 4 is 11.2 Å². The van der Waals surface area contributed by atoms with Gasteiger partial charge in [-0.15, -0.1) is 0 Å². The molecule has 0 bridgehead atoms. The second kappa shape index (κ2) is 8.98. The number of phenols is 1. The molecule has 0 atom stereocenters. The van der Waals surface area contributed by atoms with Crippen LogP contribution in [0.15, 0.2) is 27.8 Å². The standard InChI is InChI=1S/C21H28N4O4/c1-4-6-8-12-24-17-19(25(11-7-5-2)21(28)23-20(17)27)22-18(24)14-9-10-15(26)16(13-14)29-3/h9-10,13,26H,4-8,11-12H2,1-3H3,(H,23,27,28). The van der Waals surface area contributed by atoms with Gasteiger partial charge in [0.05, 0.1) is 7.11 Å². The third kappa shape index (κ3) is 4.06. The SMILES string of the molecule is CCCCCn1c(-c2ccc(O)c(OC)c2)nc2c1c(=O)[nH]c(=O)n2CCCC. The molecule has 3 aromatic rings. The Labute approximate surface area is 168 Å². The van der Waals surface area contributed by atoms with Gasteiger partial charge in [0, 0.05) is 18.7 Å². The van der Waals surface area contributed by atoms with E-state index in [2.05, 4.69) is 11.9 Å². The summed E-state index contributed by atoms with van der Waals surface area (Å²) in [5.41, 5.74) is 0.633. The molecule has 0 aliphatic rings. The van der Waals surface area contributed by atoms with E-state index in [1.165, 1.54) is 17.7 Å². The Bertz CT molecular complexity index is 1110. The maximum absolute atomic E-state index is 12.7. The minimum Gasteiger partial charge on any atom is -0.504 e. The summed E-state index contributed by atoms with van der Waals surface area (Å²) in [6.07, 6.45) is 4.69. The van der Waals surface area contributed by atoms with Gasteiger partial charge in [0.15, 0.2) is 22.7 Å². The number of ether oxygens (including phenoxy) is 1. The van der Waals surface area contributed by atoms with E-state index < -0.39 is 11.2 Å². The van der Waals surface area contributed by atoms with Crippen LogP contribution >= 0.6 is 0 Å². The van der Waals surface area contributed by atoms with Gasteiger partial charge in [-0.3, -0.25) is 14.3 Å². The van der Waals surface area contributed by atoms with Gasteiger partial charge in [-0.2, -0.15) is 0 Å². The van der Waals surface area contributed by atoms with Crippen molar-refractivity contribution in [1.82, 2.24) is 19.1 Å². The van der Waals surface area contributed by atoms with Crippen molar-refractivity contribution in [3.05, 3.63) is 39.0 Å². The highest BCUT2D eigenvalue weighted by molar-refractivity contribution is 5.77. The molecule has 0 spiro atoms. The van der Waals surface area contributed by atoms with Crippen LogP contribution in [0.2, 0.25) is 0 Å². The Hall–Kier alpha value is -3.03. The average Bonchev–Trinajstić information content (AvgIpc) is 3.08. The van der Waals surface area contributed by atoms with E-state index in [1.54, 1.807) is 12.1 Å². The van der Waals surface area contributed by atoms with Crippen molar-refractivity contribution < 1.29 is 9.84 Å². The van der Waals surface area contributed by atoms with Crippen LogP contribution < -0.4 is 16.0 Å². The number of hydrogen-bond donors (Lipinski definition) is 2. The van der Waals surface area contributed by atoms with Crippen molar-refractivity contribution in [3.63, 3.8) is 0 Å². The van der Waals surface area contributed by atoms with Crippen molar-refractivity contribution in [2.75, 3.05) is 7.11 Å². The Morgan fingerprint density at radius 3 is 2.48 bits per heavy atom. The Morgan fingerprint density at radius 1 is 1.07 bits per heavy atom. The molecule has 3 rings (SSSR count). The number of imidazole rings is 1. The van der Waals surface area contributed by atoms with Crippen LogP contribution in [0.3, 0.4) is 0 Å². The number of hydrogen-bond acceptors (Lipinski definition) is 5. The van der Waals surface area contributed by atoms with Crippen molar-refractivity contribution in [2.45, 2.75) is 59.0 Å². The molecule has 0 fully saturated rings. The number of aromatic nitrogens is 4. The molecule has 0 unspecified atom stereocenters. The molecule has 1 aromatic carbocycles. The van der Waals surface area contributed by atoms with Crippen LogP contribution in [0, 0.1) is 0 Å². The van der Waals surface area contributed by atoms with Gasteiger partial charge in [0.1, 0.15) is 5.82 Å². The van der Waals surface area contributed by atoms with E-state index in [0.29, 0.717) is 41.4 Å². The first-order valence-corrected chi connectivity index (χ1v) is 10.1. The number of methoxy groups -OCH3 is 1. The molecule has 0 saturated heterocycles. The second-order valence-corrected chi connectivity index (χ2v) is 7.12. The number of aromatic hydroxyl groups is 1. The van der Waals surface area contributed by atoms with E-state index >= 15 is 0 Å². The zero-order chi connectivity index (χ0) is 21.0. The predicted octanol–water partition coefficient (Wildman–Crippen LogP) is 3.26. The van der Waals surface area contributed by atoms with Gasteiger partial charge in [0.2, 0.25) is 0 Å². The van der Waals surface area contributed by atoms with Gasteiger partial charge < -0.3 is 14.4 Å². The normalized spacial score (nSPS) is 11.3. The number of phenolic OH excluding ortho intramolecular Hbond substituents is 1. The van der Waals surface area contributed by atoms with Gasteiger partial charge >= 0.3 is 5.69 Å². The number of nitrogens with one attached hydrogen (secondary N) is 1. The fourth-order valence-corrected chi connectivity index (χ4v) is 3.47. The highest BCUT2D eigenvalue weighted by Gasteiger charge is 2.20. The maximum atomic E-state index is 12.7. The Morgan fingerprint density at radius 2 is 1.79 bits per heavy atom. The van der Waals surface area contributed by atoms with E-state index in [9.17, 15) is 14.7 Å². The minimum atomic E-state index is -0.441. The van der Waals surface area contributed by atoms with Crippen molar-refractivity contribution in [3.8, 4) is 22.9 Å². The van der Waals surface area contributed by atoms with Gasteiger partial charge in [0.25, 0.3) is 5.56 Å². The monoisotopic (exact) mass is 400 g/mol. The largest absolute Gasteiger partial charge is 0.504 e. The van der Waals surface area contributed by atoms with Crippen molar-refractivity contribution in [2.24, 2.45) is 0 Å². The summed E-state index contributed by atoms with van der Waals surface area (Å²) in [7, 11) is 1.48. The molecular weight excluding hydrogens is 372 g/mol. The Balaban J connectivity index is 2.27. The first kappa shape index (κ1) is 20.7. The first-order chi connectivity index (χ1) is 14.0. The number of nitrogens with zero attached hydrogens (tertiary/aromatic N) is 3. The fraction of sp³-hybridized carbons (Fsp3) is 0.476. The Kier molecular flexibility index (Phi) is 6.41. The average molecular weight is 400 g/mol. The molecule has 0 aliphatic heterocycles. The van der Waals surface area contributed by atoms with E-state index in [-0.39, 0.29) is 5.75 Å². The molecule has 8 heteroatoms. The quantitative estimate of drug-likeness (QED) is 0.537. The van der Waals surface area contributed by atoms with Crippen LogP contribution in [-0.2, 0) is 13.1 Å². The lowest BCUT2D eigenvalue weighted by Gasteiger charge is -2.10. The molecule has 2 N–H and O–H groups in total. The van der Waals surface area contributed by atoms with Gasteiger partial charge in [-0.25, -0.2) is 9.78 Å². The van der Waals surface area contributed by atoms with Crippen LogP contribution in [0.25, 0.3) is 22.6 Å². The molecule has 0 saturated carbocycles. The lowest BCUT2D eigenvalue weighted by atomic mass is 10.2. The molecule has 2 heterocycles.